The Bertz CT molecular complexity index is 592. The highest BCUT2D eigenvalue weighted by molar-refractivity contribution is 9.10. The summed E-state index contributed by atoms with van der Waals surface area (Å²) >= 11 is 9.49. The van der Waals surface area contributed by atoms with Crippen LogP contribution in [0.2, 0.25) is 5.02 Å². The Kier molecular flexibility index (Phi) is 4.35. The van der Waals surface area contributed by atoms with Crippen LogP contribution in [0.5, 0.6) is 0 Å². The van der Waals surface area contributed by atoms with E-state index in [1.54, 1.807) is 18.5 Å². The molecule has 18 heavy (non-hydrogen) atoms. The number of nitrogens with zero attached hydrogens (tertiary/aromatic N) is 2. The van der Waals surface area contributed by atoms with Crippen molar-refractivity contribution in [3.63, 3.8) is 0 Å². The van der Waals surface area contributed by atoms with Crippen LogP contribution in [0, 0.1) is 11.3 Å². The lowest BCUT2D eigenvalue weighted by Gasteiger charge is -2.11. The highest BCUT2D eigenvalue weighted by Gasteiger charge is 2.14. The summed E-state index contributed by atoms with van der Waals surface area (Å²) in [6.45, 7) is 0. The zero-order valence-corrected chi connectivity index (χ0v) is 11.8. The minimum Gasteiger partial charge on any atom is -0.263 e. The molecule has 0 aliphatic rings. The van der Waals surface area contributed by atoms with Crippen molar-refractivity contribution in [3.05, 3.63) is 63.3 Å². The number of halogens is 2. The van der Waals surface area contributed by atoms with Gasteiger partial charge in [0.05, 0.1) is 12.0 Å². The number of aromatic nitrogens is 1. The molecule has 0 saturated carbocycles. The quantitative estimate of drug-likeness (QED) is 0.843. The predicted octanol–water partition coefficient (Wildman–Crippen LogP) is 4.35. The molecule has 0 saturated heterocycles. The third kappa shape index (κ3) is 3.10. The van der Waals surface area contributed by atoms with Gasteiger partial charge in [-0.05, 0) is 45.6 Å². The van der Waals surface area contributed by atoms with E-state index in [4.69, 9.17) is 11.6 Å². The van der Waals surface area contributed by atoms with Crippen LogP contribution in [0.1, 0.15) is 17.0 Å². The molecular weight excluding hydrogens is 312 g/mol. The van der Waals surface area contributed by atoms with E-state index in [0.717, 1.165) is 15.6 Å². The smallest absolute Gasteiger partial charge is 0.0767 e. The molecule has 0 radical (unpaired) electrons. The maximum Gasteiger partial charge on any atom is 0.0767 e. The molecule has 0 N–H and O–H groups in total. The van der Waals surface area contributed by atoms with E-state index in [-0.39, 0.29) is 5.92 Å². The van der Waals surface area contributed by atoms with Crippen molar-refractivity contribution in [3.8, 4) is 6.07 Å². The van der Waals surface area contributed by atoms with Gasteiger partial charge in [0.25, 0.3) is 0 Å². The van der Waals surface area contributed by atoms with Crippen molar-refractivity contribution in [2.45, 2.75) is 12.3 Å². The van der Waals surface area contributed by atoms with E-state index >= 15 is 0 Å². The number of rotatable bonds is 3. The summed E-state index contributed by atoms with van der Waals surface area (Å²) in [5, 5.41) is 9.93. The maximum absolute atomic E-state index is 9.29. The molecule has 2 aromatic rings. The SMILES string of the molecule is N#CC(Cc1cncc(Br)c1)c1ccccc1Cl. The molecule has 4 heteroatoms. The van der Waals surface area contributed by atoms with Gasteiger partial charge in [-0.3, -0.25) is 4.98 Å². The summed E-state index contributed by atoms with van der Waals surface area (Å²) in [4.78, 5) is 4.10. The Morgan fingerprint density at radius 1 is 1.33 bits per heavy atom. The first kappa shape index (κ1) is 13.1. The fraction of sp³-hybridized carbons (Fsp3) is 0.143. The molecule has 0 bridgehead atoms. The third-order valence-corrected chi connectivity index (χ3v) is 3.42. The number of hydrogen-bond donors (Lipinski definition) is 0. The van der Waals surface area contributed by atoms with Crippen LogP contribution >= 0.6 is 27.5 Å². The van der Waals surface area contributed by atoms with Gasteiger partial charge < -0.3 is 0 Å². The van der Waals surface area contributed by atoms with Crippen molar-refractivity contribution >= 4 is 27.5 Å². The van der Waals surface area contributed by atoms with Gasteiger partial charge in [0.1, 0.15) is 0 Å². The van der Waals surface area contributed by atoms with E-state index in [1.165, 1.54) is 0 Å². The van der Waals surface area contributed by atoms with Gasteiger partial charge in [0.15, 0.2) is 0 Å². The molecule has 1 aromatic carbocycles. The van der Waals surface area contributed by atoms with Crippen molar-refractivity contribution in [1.29, 1.82) is 5.26 Å². The first-order valence-corrected chi connectivity index (χ1v) is 6.61. The maximum atomic E-state index is 9.29. The summed E-state index contributed by atoms with van der Waals surface area (Å²) in [5.41, 5.74) is 1.87. The van der Waals surface area contributed by atoms with Gasteiger partial charge in [0, 0.05) is 21.9 Å². The van der Waals surface area contributed by atoms with Gasteiger partial charge in [-0.15, -0.1) is 0 Å². The van der Waals surface area contributed by atoms with E-state index in [9.17, 15) is 5.26 Å². The normalized spacial score (nSPS) is 11.8. The monoisotopic (exact) mass is 320 g/mol. The van der Waals surface area contributed by atoms with E-state index < -0.39 is 0 Å². The van der Waals surface area contributed by atoms with Gasteiger partial charge in [-0.1, -0.05) is 29.8 Å². The molecule has 0 spiro atoms. The van der Waals surface area contributed by atoms with Gasteiger partial charge in [0.2, 0.25) is 0 Å². The molecule has 2 nitrogen and oxygen atoms in total. The van der Waals surface area contributed by atoms with Gasteiger partial charge in [-0.25, -0.2) is 0 Å². The Hall–Kier alpha value is -1.37. The lowest BCUT2D eigenvalue weighted by molar-refractivity contribution is 0.843. The standard InChI is InChI=1S/C14H10BrClN2/c15-12-6-10(8-18-9-12)5-11(7-17)13-3-1-2-4-14(13)16/h1-4,6,8-9,11H,5H2. The topological polar surface area (TPSA) is 36.7 Å². The van der Waals surface area contributed by atoms with Crippen molar-refractivity contribution < 1.29 is 0 Å². The highest BCUT2D eigenvalue weighted by atomic mass is 79.9. The molecular formula is C14H10BrClN2. The zero-order chi connectivity index (χ0) is 13.0. The molecule has 0 amide bonds. The molecule has 1 aromatic heterocycles. The summed E-state index contributed by atoms with van der Waals surface area (Å²) in [7, 11) is 0. The average molecular weight is 322 g/mol. The van der Waals surface area contributed by atoms with Crippen molar-refractivity contribution in [1.82, 2.24) is 4.98 Å². The van der Waals surface area contributed by atoms with Crippen LogP contribution in [-0.2, 0) is 6.42 Å². The fourth-order valence-electron chi connectivity index (χ4n) is 1.79. The molecule has 90 valence electrons. The van der Waals surface area contributed by atoms with Crippen molar-refractivity contribution in [2.24, 2.45) is 0 Å². The molecule has 1 heterocycles. The molecule has 2 rings (SSSR count). The Balaban J connectivity index is 2.26. The van der Waals surface area contributed by atoms with Crippen molar-refractivity contribution in [2.75, 3.05) is 0 Å². The van der Waals surface area contributed by atoms with Gasteiger partial charge >= 0.3 is 0 Å². The van der Waals surface area contributed by atoms with Crippen LogP contribution in [0.3, 0.4) is 0 Å². The molecule has 0 aliphatic heterocycles. The largest absolute Gasteiger partial charge is 0.263 e. The van der Waals surface area contributed by atoms with Crippen LogP contribution < -0.4 is 0 Å². The summed E-state index contributed by atoms with van der Waals surface area (Å²) in [6.07, 6.45) is 4.10. The lowest BCUT2D eigenvalue weighted by atomic mass is 9.94. The second-order valence-electron chi connectivity index (χ2n) is 3.92. The first-order valence-electron chi connectivity index (χ1n) is 5.44. The summed E-state index contributed by atoms with van der Waals surface area (Å²) in [6, 6.07) is 11.7. The number of hydrogen-bond acceptors (Lipinski definition) is 2. The van der Waals surface area contributed by atoms with Crippen LogP contribution in [0.4, 0.5) is 0 Å². The van der Waals surface area contributed by atoms with Crippen LogP contribution in [0.25, 0.3) is 0 Å². The number of benzene rings is 1. The predicted molar refractivity (Wildman–Crippen MR) is 75.4 cm³/mol. The summed E-state index contributed by atoms with van der Waals surface area (Å²) < 4.78 is 0.913. The Morgan fingerprint density at radius 2 is 2.11 bits per heavy atom. The molecule has 0 aliphatic carbocycles. The molecule has 0 fully saturated rings. The zero-order valence-electron chi connectivity index (χ0n) is 9.48. The second kappa shape index (κ2) is 5.99. The Morgan fingerprint density at radius 3 is 2.78 bits per heavy atom. The first-order chi connectivity index (χ1) is 8.70. The molecule has 1 unspecified atom stereocenters. The van der Waals surface area contributed by atoms with E-state index in [1.807, 2.05) is 24.3 Å². The highest BCUT2D eigenvalue weighted by Crippen LogP contribution is 2.27. The second-order valence-corrected chi connectivity index (χ2v) is 5.24. The number of pyridine rings is 1. The number of nitriles is 1. The van der Waals surface area contributed by atoms with Crippen LogP contribution in [0.15, 0.2) is 47.2 Å². The summed E-state index contributed by atoms with van der Waals surface area (Å²) in [5.74, 6) is -0.255. The van der Waals surface area contributed by atoms with Gasteiger partial charge in [-0.2, -0.15) is 5.26 Å². The lowest BCUT2D eigenvalue weighted by Crippen LogP contribution is -2.01. The van der Waals surface area contributed by atoms with Crippen LogP contribution in [-0.4, -0.2) is 4.98 Å². The fourth-order valence-corrected chi connectivity index (χ4v) is 2.47. The minimum absolute atomic E-state index is 0.255. The Labute approximate surface area is 119 Å². The average Bonchev–Trinajstić information content (AvgIpc) is 2.37. The third-order valence-electron chi connectivity index (χ3n) is 2.64. The minimum atomic E-state index is -0.255. The van der Waals surface area contributed by atoms with E-state index in [0.29, 0.717) is 11.4 Å². The van der Waals surface area contributed by atoms with E-state index in [2.05, 4.69) is 27.0 Å². The molecule has 1 atom stereocenters.